The first kappa shape index (κ1) is 28.2. The van der Waals surface area contributed by atoms with Crippen LogP contribution in [0.4, 0.5) is 11.4 Å². The van der Waals surface area contributed by atoms with Crippen molar-refractivity contribution >= 4 is 59.7 Å². The van der Waals surface area contributed by atoms with Crippen molar-refractivity contribution in [3.05, 3.63) is 46.5 Å². The minimum atomic E-state index is -0.534. The van der Waals surface area contributed by atoms with Crippen molar-refractivity contribution in [2.75, 3.05) is 25.7 Å². The van der Waals surface area contributed by atoms with Gasteiger partial charge in [0.25, 0.3) is 0 Å². The van der Waals surface area contributed by atoms with E-state index in [0.717, 1.165) is 0 Å². The maximum atomic E-state index is 11.0. The van der Waals surface area contributed by atoms with Crippen molar-refractivity contribution in [2.24, 2.45) is 4.30 Å². The van der Waals surface area contributed by atoms with Crippen LogP contribution >= 0.6 is 28.7 Å². The van der Waals surface area contributed by atoms with Crippen LogP contribution in [0.25, 0.3) is 0 Å². The Bertz CT molecular complexity index is 850. The molecule has 2 rings (SSSR count). The number of halogens is 1. The van der Waals surface area contributed by atoms with Gasteiger partial charge < -0.3 is 20.9 Å². The Kier molecular flexibility index (Phi) is 16.7. The summed E-state index contributed by atoms with van der Waals surface area (Å²) >= 11 is 6.31. The van der Waals surface area contributed by atoms with Crippen LogP contribution in [-0.2, 0) is 9.47 Å². The molecular formula is C16H19BBrN6O4S. The molecule has 0 atom stereocenters. The molecule has 0 amide bonds. The van der Waals surface area contributed by atoms with Gasteiger partial charge in [0.2, 0.25) is 0 Å². The SMILES string of the molecule is CC#N.COC(=O)c1nc(Br)ccc1N.COC(=O)c1ncccc1N.[B]=NS. The number of rotatable bonds is 2. The summed E-state index contributed by atoms with van der Waals surface area (Å²) in [5, 5.41) is 7.32. The van der Waals surface area contributed by atoms with Crippen molar-refractivity contribution in [1.29, 1.82) is 5.26 Å². The number of nitrogen functional groups attached to an aromatic ring is 2. The van der Waals surface area contributed by atoms with Crippen molar-refractivity contribution < 1.29 is 19.1 Å². The molecule has 0 saturated heterocycles. The number of pyridine rings is 2. The number of carbonyl (C=O) groups is 2. The minimum absolute atomic E-state index is 0.131. The second kappa shape index (κ2) is 17.1. The molecule has 0 saturated carbocycles. The average molecular weight is 482 g/mol. The third kappa shape index (κ3) is 12.2. The molecule has 1 radical (unpaired) electrons. The van der Waals surface area contributed by atoms with Gasteiger partial charge in [-0.3, -0.25) is 0 Å². The first-order valence-corrected chi connectivity index (χ1v) is 8.57. The normalized spacial score (nSPS) is 8.10. The quantitative estimate of drug-likeness (QED) is 0.252. The first-order chi connectivity index (χ1) is 13.7. The fourth-order valence-electron chi connectivity index (χ4n) is 1.39. The van der Waals surface area contributed by atoms with Gasteiger partial charge in [-0.1, -0.05) is 0 Å². The Labute approximate surface area is 183 Å². The fourth-order valence-corrected chi connectivity index (χ4v) is 1.70. The Balaban J connectivity index is 0. The number of hydrogen-bond acceptors (Lipinski definition) is 11. The molecule has 13 heteroatoms. The molecule has 2 heterocycles. The van der Waals surface area contributed by atoms with E-state index in [2.05, 4.69) is 60.1 Å². The van der Waals surface area contributed by atoms with Gasteiger partial charge in [0.15, 0.2) is 11.4 Å². The summed E-state index contributed by atoms with van der Waals surface area (Å²) in [6.07, 6.45) is 1.49. The number of esters is 2. The third-order valence-electron chi connectivity index (χ3n) is 2.49. The van der Waals surface area contributed by atoms with E-state index in [4.69, 9.17) is 16.7 Å². The molecule has 0 aliphatic rings. The number of ether oxygens (including phenoxy) is 2. The molecule has 2 aromatic heterocycles. The predicted octanol–water partition coefficient (Wildman–Crippen LogP) is 2.38. The van der Waals surface area contributed by atoms with E-state index in [1.165, 1.54) is 27.3 Å². The van der Waals surface area contributed by atoms with E-state index >= 15 is 0 Å². The Hall–Kier alpha value is -2.98. The van der Waals surface area contributed by atoms with Crippen molar-refractivity contribution in [3.8, 4) is 6.07 Å². The molecular weight excluding hydrogens is 463 g/mol. The maximum absolute atomic E-state index is 11.0. The Morgan fingerprint density at radius 2 is 1.62 bits per heavy atom. The fraction of sp³-hybridized carbons (Fsp3) is 0.188. The monoisotopic (exact) mass is 481 g/mol. The summed E-state index contributed by atoms with van der Waals surface area (Å²) in [6, 6.07) is 8.24. The van der Waals surface area contributed by atoms with Gasteiger partial charge in [-0.2, -0.15) is 5.26 Å². The summed E-state index contributed by atoms with van der Waals surface area (Å²) in [5.41, 5.74) is 11.9. The van der Waals surface area contributed by atoms with Gasteiger partial charge in [0.05, 0.1) is 31.7 Å². The number of methoxy groups -OCH3 is 2. The predicted molar refractivity (Wildman–Crippen MR) is 116 cm³/mol. The summed E-state index contributed by atoms with van der Waals surface area (Å²) < 4.78 is 12.2. The molecule has 0 spiro atoms. The van der Waals surface area contributed by atoms with E-state index in [1.54, 1.807) is 30.3 Å². The molecule has 0 aliphatic heterocycles. The summed E-state index contributed by atoms with van der Waals surface area (Å²) in [6.45, 7) is 1.43. The van der Waals surface area contributed by atoms with Gasteiger partial charge in [-0.05, 0) is 40.2 Å². The average Bonchev–Trinajstić information content (AvgIpc) is 2.70. The number of aromatic nitrogens is 2. The number of anilines is 2. The standard InChI is InChI=1S/C7H7BrN2O2.C7H8N2O2.C2H3N.BHNS/c1-12-7(11)6-4(9)2-3-5(8)10-6;1-11-7(10)6-5(8)3-2-4-9-6;2*1-2-3/h2-3H,9H2,1H3;2-4H,8H2,1H3;1H3;3H. The van der Waals surface area contributed by atoms with Crippen LogP contribution in [0, 0.1) is 11.3 Å². The second-order valence-corrected chi connectivity index (χ2v) is 5.38. The molecule has 4 N–H and O–H groups in total. The van der Waals surface area contributed by atoms with Crippen LogP contribution in [0.3, 0.4) is 0 Å². The molecule has 29 heavy (non-hydrogen) atoms. The van der Waals surface area contributed by atoms with Gasteiger partial charge >= 0.3 is 36.7 Å². The molecule has 0 unspecified atom stereocenters. The van der Waals surface area contributed by atoms with Gasteiger partial charge in [-0.15, -0.1) is 0 Å². The van der Waals surface area contributed by atoms with Crippen molar-refractivity contribution in [3.63, 3.8) is 0 Å². The number of thiol groups is 1. The number of nitrogens with zero attached hydrogens (tertiary/aromatic N) is 4. The van der Waals surface area contributed by atoms with E-state index < -0.39 is 11.9 Å². The van der Waals surface area contributed by atoms with Crippen molar-refractivity contribution in [1.82, 2.24) is 9.97 Å². The molecule has 10 nitrogen and oxygen atoms in total. The summed E-state index contributed by atoms with van der Waals surface area (Å²) in [5.74, 6) is -1.04. The zero-order valence-corrected chi connectivity index (χ0v) is 18.3. The summed E-state index contributed by atoms with van der Waals surface area (Å²) in [4.78, 5) is 29.5. The van der Waals surface area contributed by atoms with E-state index in [9.17, 15) is 9.59 Å². The number of nitrogens with two attached hydrogens (primary N) is 2. The van der Waals surface area contributed by atoms with Crippen LogP contribution in [0.2, 0.25) is 0 Å². The number of nitriles is 1. The topological polar surface area (TPSA) is 167 Å². The molecule has 0 fully saturated rings. The van der Waals surface area contributed by atoms with Crippen molar-refractivity contribution in [2.45, 2.75) is 6.92 Å². The van der Waals surface area contributed by atoms with E-state index in [1.807, 2.05) is 0 Å². The van der Waals surface area contributed by atoms with Crippen LogP contribution in [0.15, 0.2) is 39.4 Å². The second-order valence-electron chi connectivity index (χ2n) is 4.34. The first-order valence-electron chi connectivity index (χ1n) is 7.38. The Morgan fingerprint density at radius 3 is 2.07 bits per heavy atom. The van der Waals surface area contributed by atoms with E-state index in [0.29, 0.717) is 16.0 Å². The van der Waals surface area contributed by atoms with Gasteiger partial charge in [0, 0.05) is 13.1 Å². The molecule has 153 valence electrons. The van der Waals surface area contributed by atoms with Crippen LogP contribution in [0.5, 0.6) is 0 Å². The molecule has 0 bridgehead atoms. The number of hydrogen-bond donors (Lipinski definition) is 3. The molecule has 0 aromatic carbocycles. The Morgan fingerprint density at radius 1 is 1.17 bits per heavy atom. The van der Waals surface area contributed by atoms with Crippen LogP contribution in [-0.4, -0.2) is 43.8 Å². The van der Waals surface area contributed by atoms with Crippen LogP contribution in [0.1, 0.15) is 27.9 Å². The molecule has 0 aliphatic carbocycles. The van der Waals surface area contributed by atoms with E-state index in [-0.39, 0.29) is 11.4 Å². The van der Waals surface area contributed by atoms with Crippen LogP contribution < -0.4 is 11.5 Å². The third-order valence-corrected chi connectivity index (χ3v) is 2.93. The van der Waals surface area contributed by atoms with Gasteiger partial charge in [-0.25, -0.2) is 19.6 Å². The summed E-state index contributed by atoms with van der Waals surface area (Å²) in [7, 11) is 6.91. The van der Waals surface area contributed by atoms with Gasteiger partial charge in [0.1, 0.15) is 4.60 Å². The zero-order chi connectivity index (χ0) is 22.8. The molecule has 2 aromatic rings. The zero-order valence-electron chi connectivity index (χ0n) is 15.9. The number of carbonyl (C=O) groups excluding carboxylic acids is 2.